The minimum absolute atomic E-state index is 0.00515. The Morgan fingerprint density at radius 1 is 1.14 bits per heavy atom. The number of likely N-dealkylation sites (tertiary alicyclic amines) is 1. The van der Waals surface area contributed by atoms with Crippen LogP contribution in [-0.2, 0) is 14.8 Å². The SMILES string of the molecule is C[C@H]1C[C@H](C)CN(C(=O)COc2ccc(S(=O)(=O)N3CCCC3)cc2C(N)=O)C1. The molecule has 3 rings (SSSR count). The fourth-order valence-corrected chi connectivity index (χ4v) is 5.71. The Kier molecular flexibility index (Phi) is 6.48. The summed E-state index contributed by atoms with van der Waals surface area (Å²) in [4.78, 5) is 26.2. The summed E-state index contributed by atoms with van der Waals surface area (Å²) in [5.74, 6) is 0.0148. The quantitative estimate of drug-likeness (QED) is 0.745. The first-order valence-corrected chi connectivity index (χ1v) is 11.5. The van der Waals surface area contributed by atoms with Gasteiger partial charge >= 0.3 is 0 Å². The number of carbonyl (C=O) groups is 2. The van der Waals surface area contributed by atoms with Gasteiger partial charge in [-0.1, -0.05) is 13.8 Å². The van der Waals surface area contributed by atoms with Crippen LogP contribution in [-0.4, -0.2) is 62.2 Å². The number of hydrogen-bond donors (Lipinski definition) is 1. The summed E-state index contributed by atoms with van der Waals surface area (Å²) in [6.07, 6.45) is 2.72. The van der Waals surface area contributed by atoms with Crippen molar-refractivity contribution in [2.75, 3.05) is 32.8 Å². The molecule has 29 heavy (non-hydrogen) atoms. The van der Waals surface area contributed by atoms with Gasteiger partial charge in [-0.3, -0.25) is 9.59 Å². The largest absolute Gasteiger partial charge is 0.483 e. The molecular weight excluding hydrogens is 394 g/mol. The monoisotopic (exact) mass is 423 g/mol. The number of hydrogen-bond acceptors (Lipinski definition) is 5. The second-order valence-corrected chi connectivity index (χ2v) is 10.1. The molecule has 2 atom stereocenters. The summed E-state index contributed by atoms with van der Waals surface area (Å²) in [6.45, 7) is 6.30. The fourth-order valence-electron chi connectivity index (χ4n) is 4.16. The van der Waals surface area contributed by atoms with Crippen LogP contribution in [0.25, 0.3) is 0 Å². The van der Waals surface area contributed by atoms with Crippen LogP contribution in [0.5, 0.6) is 5.75 Å². The van der Waals surface area contributed by atoms with Crippen LogP contribution in [0.2, 0.25) is 0 Å². The van der Waals surface area contributed by atoms with Crippen LogP contribution in [0, 0.1) is 11.8 Å². The van der Waals surface area contributed by atoms with Crippen molar-refractivity contribution in [2.45, 2.75) is 38.0 Å². The molecule has 9 heteroatoms. The summed E-state index contributed by atoms with van der Waals surface area (Å²) < 4.78 is 32.4. The second kappa shape index (κ2) is 8.71. The third kappa shape index (κ3) is 4.90. The Bertz CT molecular complexity index is 870. The van der Waals surface area contributed by atoms with E-state index in [4.69, 9.17) is 10.5 Å². The first-order valence-electron chi connectivity index (χ1n) is 10.0. The van der Waals surface area contributed by atoms with Crippen molar-refractivity contribution in [3.05, 3.63) is 23.8 Å². The third-order valence-electron chi connectivity index (χ3n) is 5.49. The molecule has 160 valence electrons. The average molecular weight is 424 g/mol. The maximum atomic E-state index is 12.7. The Balaban J connectivity index is 1.74. The minimum atomic E-state index is -3.68. The predicted octanol–water partition coefficient (Wildman–Crippen LogP) is 1.45. The highest BCUT2D eigenvalue weighted by Crippen LogP contribution is 2.27. The molecule has 2 aliphatic rings. The van der Waals surface area contributed by atoms with Crippen LogP contribution >= 0.6 is 0 Å². The van der Waals surface area contributed by atoms with Gasteiger partial charge < -0.3 is 15.4 Å². The topological polar surface area (TPSA) is 110 Å². The van der Waals surface area contributed by atoms with E-state index < -0.39 is 15.9 Å². The second-order valence-electron chi connectivity index (χ2n) is 8.17. The van der Waals surface area contributed by atoms with Crippen molar-refractivity contribution in [1.29, 1.82) is 0 Å². The molecule has 1 aromatic rings. The number of benzene rings is 1. The van der Waals surface area contributed by atoms with Crippen LogP contribution in [0.3, 0.4) is 0 Å². The summed E-state index contributed by atoms with van der Waals surface area (Å²) in [5.41, 5.74) is 5.40. The molecule has 1 aromatic carbocycles. The Morgan fingerprint density at radius 2 is 1.76 bits per heavy atom. The van der Waals surface area contributed by atoms with Gasteiger partial charge in [0.2, 0.25) is 10.0 Å². The molecule has 8 nitrogen and oxygen atoms in total. The van der Waals surface area contributed by atoms with E-state index in [9.17, 15) is 18.0 Å². The maximum absolute atomic E-state index is 12.7. The number of nitrogens with two attached hydrogens (primary N) is 1. The number of carbonyl (C=O) groups excluding carboxylic acids is 2. The van der Waals surface area contributed by atoms with Gasteiger partial charge in [-0.15, -0.1) is 0 Å². The van der Waals surface area contributed by atoms with Gasteiger partial charge in [0.25, 0.3) is 11.8 Å². The Hall–Kier alpha value is -2.13. The molecule has 0 radical (unpaired) electrons. The van der Waals surface area contributed by atoms with Gasteiger partial charge in [0.05, 0.1) is 10.5 Å². The highest BCUT2D eigenvalue weighted by molar-refractivity contribution is 7.89. The molecule has 2 heterocycles. The molecule has 2 N–H and O–H groups in total. The van der Waals surface area contributed by atoms with Crippen molar-refractivity contribution in [3.8, 4) is 5.75 Å². The molecule has 0 saturated carbocycles. The number of nitrogens with zero attached hydrogens (tertiary/aromatic N) is 2. The maximum Gasteiger partial charge on any atom is 0.260 e. The molecule has 0 aliphatic carbocycles. The van der Waals surface area contributed by atoms with Gasteiger partial charge in [0.1, 0.15) is 5.75 Å². The zero-order valence-corrected chi connectivity index (χ0v) is 17.8. The first-order chi connectivity index (χ1) is 13.7. The van der Waals surface area contributed by atoms with E-state index >= 15 is 0 Å². The summed E-state index contributed by atoms with van der Waals surface area (Å²) in [5, 5.41) is 0. The number of primary amides is 1. The van der Waals surface area contributed by atoms with Crippen molar-refractivity contribution < 1.29 is 22.7 Å². The van der Waals surface area contributed by atoms with Crippen LogP contribution < -0.4 is 10.5 Å². The molecule has 2 fully saturated rings. The number of amides is 2. The van der Waals surface area contributed by atoms with Crippen molar-refractivity contribution in [1.82, 2.24) is 9.21 Å². The Morgan fingerprint density at radius 3 is 2.34 bits per heavy atom. The third-order valence-corrected chi connectivity index (χ3v) is 7.39. The minimum Gasteiger partial charge on any atom is -0.483 e. The average Bonchev–Trinajstić information content (AvgIpc) is 3.20. The van der Waals surface area contributed by atoms with E-state index in [2.05, 4.69) is 13.8 Å². The fraction of sp³-hybridized carbons (Fsp3) is 0.600. The predicted molar refractivity (Wildman–Crippen MR) is 108 cm³/mol. The standard InChI is InChI=1S/C20H29N3O5S/c1-14-9-15(2)12-22(11-14)19(24)13-28-18-6-5-16(10-17(18)20(21)25)29(26,27)23-7-3-4-8-23/h5-6,10,14-15H,3-4,7-9,11-13H2,1-2H3,(H2,21,25)/t14-,15-/m0/s1. The van der Waals surface area contributed by atoms with Gasteiger partial charge in [-0.2, -0.15) is 4.31 Å². The molecule has 2 saturated heterocycles. The van der Waals surface area contributed by atoms with Crippen molar-refractivity contribution >= 4 is 21.8 Å². The van der Waals surface area contributed by atoms with Gasteiger partial charge in [-0.05, 0) is 49.3 Å². The number of rotatable bonds is 6. The lowest BCUT2D eigenvalue weighted by atomic mass is 9.92. The number of piperidine rings is 1. The van der Waals surface area contributed by atoms with E-state index in [0.717, 1.165) is 19.3 Å². The zero-order valence-electron chi connectivity index (χ0n) is 17.0. The molecule has 0 spiro atoms. The number of ether oxygens (including phenoxy) is 1. The Labute approximate surface area is 172 Å². The lowest BCUT2D eigenvalue weighted by Gasteiger charge is -2.34. The molecular formula is C20H29N3O5S. The van der Waals surface area contributed by atoms with Crippen LogP contribution in [0.1, 0.15) is 43.5 Å². The molecule has 0 bridgehead atoms. The molecule has 0 aromatic heterocycles. The lowest BCUT2D eigenvalue weighted by molar-refractivity contribution is -0.136. The van der Waals surface area contributed by atoms with E-state index in [-0.39, 0.29) is 28.7 Å². The lowest BCUT2D eigenvalue weighted by Crippen LogP contribution is -2.44. The van der Waals surface area contributed by atoms with Crippen LogP contribution in [0.4, 0.5) is 0 Å². The van der Waals surface area contributed by atoms with Crippen molar-refractivity contribution in [2.24, 2.45) is 17.6 Å². The molecule has 2 aliphatic heterocycles. The zero-order chi connectivity index (χ0) is 21.2. The first kappa shape index (κ1) is 21.6. The van der Waals surface area contributed by atoms with Gasteiger partial charge in [0.15, 0.2) is 6.61 Å². The van der Waals surface area contributed by atoms with Crippen LogP contribution in [0.15, 0.2) is 23.1 Å². The van der Waals surface area contributed by atoms with Gasteiger partial charge in [0, 0.05) is 26.2 Å². The summed E-state index contributed by atoms with van der Waals surface area (Å²) in [7, 11) is -3.68. The highest BCUT2D eigenvalue weighted by atomic mass is 32.2. The molecule has 0 unspecified atom stereocenters. The smallest absolute Gasteiger partial charge is 0.260 e. The summed E-state index contributed by atoms with van der Waals surface area (Å²) >= 11 is 0. The highest BCUT2D eigenvalue weighted by Gasteiger charge is 2.29. The number of sulfonamides is 1. The van der Waals surface area contributed by atoms with E-state index in [1.54, 1.807) is 4.90 Å². The molecule has 2 amide bonds. The van der Waals surface area contributed by atoms with E-state index in [1.165, 1.54) is 22.5 Å². The van der Waals surface area contributed by atoms with E-state index in [1.807, 2.05) is 0 Å². The van der Waals surface area contributed by atoms with Gasteiger partial charge in [-0.25, -0.2) is 8.42 Å². The van der Waals surface area contributed by atoms with E-state index in [0.29, 0.717) is 38.0 Å². The van der Waals surface area contributed by atoms with Crippen molar-refractivity contribution in [3.63, 3.8) is 0 Å². The summed E-state index contributed by atoms with van der Waals surface area (Å²) in [6, 6.07) is 4.03. The normalized spacial score (nSPS) is 23.2.